The Bertz CT molecular complexity index is 1510. The molecule has 1 amide bonds. The lowest BCUT2D eigenvalue weighted by Crippen LogP contribution is -2.43. The van der Waals surface area contributed by atoms with Gasteiger partial charge in [-0.15, -0.1) is 0 Å². The average molecular weight is 595 g/mol. The number of ether oxygens (including phenoxy) is 2. The van der Waals surface area contributed by atoms with Gasteiger partial charge in [-0.05, 0) is 59.5 Å². The van der Waals surface area contributed by atoms with Crippen molar-refractivity contribution in [3.05, 3.63) is 131 Å². The Morgan fingerprint density at radius 2 is 1.59 bits per heavy atom. The van der Waals surface area contributed by atoms with Crippen LogP contribution in [0.4, 0.5) is 0 Å². The smallest absolute Gasteiger partial charge is 0.217 e. The molecule has 1 saturated heterocycles. The van der Waals surface area contributed by atoms with Crippen molar-refractivity contribution in [2.75, 3.05) is 13.6 Å². The molecule has 5 rings (SSSR count). The Labute approximate surface area is 260 Å². The van der Waals surface area contributed by atoms with Crippen LogP contribution in [-0.4, -0.2) is 46.8 Å². The predicted molar refractivity (Wildman–Crippen MR) is 171 cm³/mol. The first-order valence-electron chi connectivity index (χ1n) is 15.2. The molecule has 7 heteroatoms. The normalized spacial score (nSPS) is 19.8. The predicted octanol–water partition coefficient (Wildman–Crippen LogP) is 6.08. The number of aliphatic hydroxyl groups is 2. The lowest BCUT2D eigenvalue weighted by atomic mass is 9.97. The zero-order valence-electron chi connectivity index (χ0n) is 25.6. The summed E-state index contributed by atoms with van der Waals surface area (Å²) in [7, 11) is 2.02. The van der Waals surface area contributed by atoms with Crippen molar-refractivity contribution in [1.82, 2.24) is 10.2 Å². The van der Waals surface area contributed by atoms with Gasteiger partial charge in [-0.25, -0.2) is 0 Å². The standard InChI is InChI=1S/C37H42N2O5/c1-25(36(42)30-10-5-4-6-11-30)39(3)23-34-21-35(29-17-15-27(24-40)16-18-29)44-37(43-34)33-14-8-13-32(20-33)31-12-7-9-28(19-31)22-38-26(2)41/h4-20,25,34-37,40,42H,21-24H2,1-3H3,(H,38,41)/t25-,34-,35+,36-,37+/m1/s1. The minimum Gasteiger partial charge on any atom is -0.392 e. The van der Waals surface area contributed by atoms with Gasteiger partial charge in [-0.1, -0.05) is 91.0 Å². The second-order valence-corrected chi connectivity index (χ2v) is 11.6. The zero-order chi connectivity index (χ0) is 31.1. The summed E-state index contributed by atoms with van der Waals surface area (Å²) < 4.78 is 13.2. The lowest BCUT2D eigenvalue weighted by Gasteiger charge is -2.39. The SMILES string of the molecule is CC(=O)NCc1cccc(-c2cccc([C@H]3O[C@@H](CN(C)[C@H](C)[C@@H](O)c4ccccc4)C[C@@H](c4ccc(CO)cc4)O3)c2)c1. The van der Waals surface area contributed by atoms with Gasteiger partial charge in [0.25, 0.3) is 0 Å². The minimum absolute atomic E-state index is 0.00854. The number of hydrogen-bond acceptors (Lipinski definition) is 6. The third-order valence-corrected chi connectivity index (χ3v) is 8.36. The average Bonchev–Trinajstić information content (AvgIpc) is 3.07. The van der Waals surface area contributed by atoms with E-state index in [1.165, 1.54) is 6.92 Å². The highest BCUT2D eigenvalue weighted by Gasteiger charge is 2.34. The van der Waals surface area contributed by atoms with Crippen LogP contribution in [0.1, 0.15) is 66.6 Å². The van der Waals surface area contributed by atoms with Crippen LogP contribution in [0, 0.1) is 0 Å². The summed E-state index contributed by atoms with van der Waals surface area (Å²) in [5, 5.41) is 23.5. The molecule has 0 spiro atoms. The summed E-state index contributed by atoms with van der Waals surface area (Å²) in [5.41, 5.74) is 6.78. The number of carbonyl (C=O) groups excluding carboxylic acids is 1. The number of nitrogens with one attached hydrogen (secondary N) is 1. The summed E-state index contributed by atoms with van der Waals surface area (Å²) in [4.78, 5) is 13.6. The third kappa shape index (κ3) is 8.00. The Balaban J connectivity index is 1.38. The van der Waals surface area contributed by atoms with E-state index in [9.17, 15) is 15.0 Å². The molecule has 230 valence electrons. The minimum atomic E-state index is -0.628. The molecule has 0 saturated carbocycles. The van der Waals surface area contributed by atoms with Crippen molar-refractivity contribution >= 4 is 5.91 Å². The molecule has 0 radical (unpaired) electrons. The maximum atomic E-state index is 11.4. The quantitative estimate of drug-likeness (QED) is 0.195. The molecule has 5 atom stereocenters. The molecule has 0 unspecified atom stereocenters. The molecule has 0 bridgehead atoms. The number of rotatable bonds is 11. The van der Waals surface area contributed by atoms with Crippen LogP contribution in [0.2, 0.25) is 0 Å². The number of aliphatic hydroxyl groups excluding tert-OH is 2. The van der Waals surface area contributed by atoms with Crippen molar-refractivity contribution in [3.8, 4) is 11.1 Å². The fraction of sp³-hybridized carbons (Fsp3) is 0.324. The molecule has 0 aliphatic carbocycles. The molecule has 1 aliphatic heterocycles. The van der Waals surface area contributed by atoms with Crippen LogP contribution < -0.4 is 5.32 Å². The summed E-state index contributed by atoms with van der Waals surface area (Å²) in [6, 6.07) is 33.8. The van der Waals surface area contributed by atoms with Crippen LogP contribution in [0.3, 0.4) is 0 Å². The summed E-state index contributed by atoms with van der Waals surface area (Å²) in [5.74, 6) is -0.0614. The fourth-order valence-corrected chi connectivity index (χ4v) is 5.64. The monoisotopic (exact) mass is 594 g/mol. The van der Waals surface area contributed by atoms with Gasteiger partial charge in [0.05, 0.1) is 24.9 Å². The van der Waals surface area contributed by atoms with Gasteiger partial charge in [0.2, 0.25) is 5.91 Å². The molecule has 3 N–H and O–H groups in total. The van der Waals surface area contributed by atoms with Gasteiger partial charge < -0.3 is 25.0 Å². The van der Waals surface area contributed by atoms with E-state index < -0.39 is 12.4 Å². The van der Waals surface area contributed by atoms with Gasteiger partial charge in [0.1, 0.15) is 0 Å². The first kappa shape index (κ1) is 31.6. The topological polar surface area (TPSA) is 91.3 Å². The van der Waals surface area contributed by atoms with Crippen LogP contribution in [-0.2, 0) is 27.4 Å². The Morgan fingerprint density at radius 1 is 0.886 bits per heavy atom. The number of nitrogens with zero attached hydrogens (tertiary/aromatic N) is 1. The highest BCUT2D eigenvalue weighted by molar-refractivity contribution is 5.73. The Kier molecular flexibility index (Phi) is 10.6. The van der Waals surface area contributed by atoms with Gasteiger partial charge in [-0.3, -0.25) is 9.69 Å². The van der Waals surface area contributed by atoms with Crippen LogP contribution in [0.25, 0.3) is 11.1 Å². The molecule has 1 aliphatic rings. The van der Waals surface area contributed by atoms with E-state index >= 15 is 0 Å². The molecular weight excluding hydrogens is 552 g/mol. The zero-order valence-corrected chi connectivity index (χ0v) is 25.6. The van der Waals surface area contributed by atoms with Gasteiger partial charge >= 0.3 is 0 Å². The number of carbonyl (C=O) groups is 1. The second kappa shape index (κ2) is 14.8. The van der Waals surface area contributed by atoms with Crippen LogP contribution in [0.5, 0.6) is 0 Å². The Morgan fingerprint density at radius 3 is 2.30 bits per heavy atom. The van der Waals surface area contributed by atoms with E-state index in [4.69, 9.17) is 9.47 Å². The maximum absolute atomic E-state index is 11.4. The molecule has 4 aromatic rings. The first-order valence-corrected chi connectivity index (χ1v) is 15.2. The van der Waals surface area contributed by atoms with Gasteiger partial charge in [0, 0.05) is 38.0 Å². The molecule has 1 heterocycles. The van der Waals surface area contributed by atoms with Crippen molar-refractivity contribution in [2.24, 2.45) is 0 Å². The summed E-state index contributed by atoms with van der Waals surface area (Å²) >= 11 is 0. The van der Waals surface area contributed by atoms with E-state index in [0.29, 0.717) is 19.5 Å². The van der Waals surface area contributed by atoms with E-state index in [2.05, 4.69) is 34.5 Å². The molecule has 0 aromatic heterocycles. The number of benzene rings is 4. The number of amides is 1. The highest BCUT2D eigenvalue weighted by atomic mass is 16.7. The van der Waals surface area contributed by atoms with Crippen molar-refractivity contribution in [2.45, 2.75) is 64.1 Å². The number of hydrogen-bond donors (Lipinski definition) is 3. The van der Waals surface area contributed by atoms with Crippen molar-refractivity contribution < 1.29 is 24.5 Å². The Hall–Kier alpha value is -3.85. The van der Waals surface area contributed by atoms with Gasteiger partial charge in [0.15, 0.2) is 6.29 Å². The maximum Gasteiger partial charge on any atom is 0.217 e. The number of likely N-dealkylation sites (N-methyl/N-ethyl adjacent to an activating group) is 1. The molecule has 4 aromatic carbocycles. The largest absolute Gasteiger partial charge is 0.392 e. The molecule has 7 nitrogen and oxygen atoms in total. The van der Waals surface area contributed by atoms with E-state index in [1.807, 2.05) is 92.8 Å². The summed E-state index contributed by atoms with van der Waals surface area (Å²) in [6.45, 7) is 4.62. The molecular formula is C37H42N2O5. The van der Waals surface area contributed by atoms with Gasteiger partial charge in [-0.2, -0.15) is 0 Å². The van der Waals surface area contributed by atoms with Crippen molar-refractivity contribution in [1.29, 1.82) is 0 Å². The molecule has 1 fully saturated rings. The fourth-order valence-electron chi connectivity index (χ4n) is 5.64. The highest BCUT2D eigenvalue weighted by Crippen LogP contribution is 2.39. The third-order valence-electron chi connectivity index (χ3n) is 8.36. The molecule has 44 heavy (non-hydrogen) atoms. The van der Waals surface area contributed by atoms with Crippen molar-refractivity contribution in [3.63, 3.8) is 0 Å². The van der Waals surface area contributed by atoms with E-state index in [0.717, 1.165) is 38.9 Å². The summed E-state index contributed by atoms with van der Waals surface area (Å²) in [6.07, 6.45) is -0.938. The second-order valence-electron chi connectivity index (χ2n) is 11.6. The van der Waals surface area contributed by atoms with Crippen LogP contribution in [0.15, 0.2) is 103 Å². The van der Waals surface area contributed by atoms with E-state index in [1.54, 1.807) is 0 Å². The van der Waals surface area contributed by atoms with Crippen LogP contribution >= 0.6 is 0 Å². The lowest BCUT2D eigenvalue weighted by molar-refractivity contribution is -0.253. The first-order chi connectivity index (χ1) is 21.3. The van der Waals surface area contributed by atoms with E-state index in [-0.39, 0.29) is 30.8 Å².